The van der Waals surface area contributed by atoms with Crippen LogP contribution in [0.25, 0.3) is 11.4 Å². The lowest BCUT2D eigenvalue weighted by Gasteiger charge is -2.22. The SMILES string of the molecule is CN=C(NCc1cccc(-c2ncn[nH]2)c1)N(C)Cc1ccc(C)cc1. The molecule has 0 bridgehead atoms. The van der Waals surface area contributed by atoms with Crippen molar-refractivity contribution >= 4 is 5.96 Å². The second kappa shape index (κ2) is 8.29. The van der Waals surface area contributed by atoms with E-state index >= 15 is 0 Å². The number of guanidine groups is 1. The van der Waals surface area contributed by atoms with Crippen molar-refractivity contribution in [2.45, 2.75) is 20.0 Å². The minimum atomic E-state index is 0.687. The molecule has 6 nitrogen and oxygen atoms in total. The molecular weight excluding hydrogens is 324 g/mol. The molecule has 0 spiro atoms. The van der Waals surface area contributed by atoms with Crippen molar-refractivity contribution in [3.05, 3.63) is 71.5 Å². The van der Waals surface area contributed by atoms with Gasteiger partial charge in [0, 0.05) is 32.7 Å². The minimum Gasteiger partial charge on any atom is -0.352 e. The second-order valence-electron chi connectivity index (χ2n) is 6.28. The van der Waals surface area contributed by atoms with E-state index < -0.39 is 0 Å². The average Bonchev–Trinajstić information content (AvgIpc) is 3.19. The summed E-state index contributed by atoms with van der Waals surface area (Å²) in [5, 5.41) is 10.2. The van der Waals surface area contributed by atoms with Crippen LogP contribution in [0.1, 0.15) is 16.7 Å². The number of aromatic nitrogens is 3. The zero-order valence-corrected chi connectivity index (χ0v) is 15.4. The van der Waals surface area contributed by atoms with E-state index in [4.69, 9.17) is 0 Å². The van der Waals surface area contributed by atoms with Crippen LogP contribution in [0, 0.1) is 6.92 Å². The van der Waals surface area contributed by atoms with Gasteiger partial charge in [-0.15, -0.1) is 0 Å². The van der Waals surface area contributed by atoms with Gasteiger partial charge in [-0.2, -0.15) is 5.10 Å². The van der Waals surface area contributed by atoms with Crippen LogP contribution in [0.4, 0.5) is 0 Å². The molecule has 0 amide bonds. The third-order valence-electron chi connectivity index (χ3n) is 4.18. The number of aliphatic imine (C=N–C) groups is 1. The number of benzene rings is 2. The molecule has 2 aromatic carbocycles. The van der Waals surface area contributed by atoms with E-state index in [0.29, 0.717) is 6.54 Å². The summed E-state index contributed by atoms with van der Waals surface area (Å²) >= 11 is 0. The van der Waals surface area contributed by atoms with E-state index in [1.165, 1.54) is 17.5 Å². The van der Waals surface area contributed by atoms with E-state index in [0.717, 1.165) is 29.5 Å². The number of rotatable bonds is 5. The highest BCUT2D eigenvalue weighted by atomic mass is 15.3. The van der Waals surface area contributed by atoms with Crippen molar-refractivity contribution in [2.75, 3.05) is 14.1 Å². The van der Waals surface area contributed by atoms with Crippen LogP contribution < -0.4 is 5.32 Å². The van der Waals surface area contributed by atoms with Crippen molar-refractivity contribution < 1.29 is 0 Å². The zero-order valence-electron chi connectivity index (χ0n) is 15.4. The summed E-state index contributed by atoms with van der Waals surface area (Å²) in [5.41, 5.74) is 4.70. The fraction of sp³-hybridized carbons (Fsp3) is 0.250. The molecular formula is C20H24N6. The Kier molecular flexibility index (Phi) is 5.63. The second-order valence-corrected chi connectivity index (χ2v) is 6.28. The average molecular weight is 348 g/mol. The molecule has 0 atom stereocenters. The van der Waals surface area contributed by atoms with Gasteiger partial charge in [-0.05, 0) is 24.1 Å². The van der Waals surface area contributed by atoms with Gasteiger partial charge in [-0.1, -0.05) is 48.0 Å². The van der Waals surface area contributed by atoms with Gasteiger partial charge in [-0.3, -0.25) is 10.1 Å². The van der Waals surface area contributed by atoms with E-state index in [9.17, 15) is 0 Å². The summed E-state index contributed by atoms with van der Waals surface area (Å²) in [6.07, 6.45) is 1.52. The van der Waals surface area contributed by atoms with Gasteiger partial charge in [0.05, 0.1) is 0 Å². The summed E-state index contributed by atoms with van der Waals surface area (Å²) in [5.74, 6) is 1.63. The summed E-state index contributed by atoms with van der Waals surface area (Å²) in [7, 11) is 3.85. The standard InChI is InChI=1S/C20H24N6/c1-15-7-9-16(10-8-15)13-26(3)20(21-2)22-12-17-5-4-6-18(11-17)19-23-14-24-25-19/h4-11,14H,12-13H2,1-3H3,(H,21,22)(H,23,24,25). The van der Waals surface area contributed by atoms with Crippen LogP contribution in [0.5, 0.6) is 0 Å². The maximum atomic E-state index is 4.39. The first-order valence-corrected chi connectivity index (χ1v) is 8.57. The fourth-order valence-electron chi connectivity index (χ4n) is 2.78. The number of H-pyrrole nitrogens is 1. The van der Waals surface area contributed by atoms with E-state index in [2.05, 4.69) is 73.7 Å². The Balaban J connectivity index is 1.62. The Labute approximate surface area is 154 Å². The van der Waals surface area contributed by atoms with Crippen molar-refractivity contribution in [3.63, 3.8) is 0 Å². The molecule has 0 saturated carbocycles. The summed E-state index contributed by atoms with van der Waals surface area (Å²) < 4.78 is 0. The third-order valence-corrected chi connectivity index (χ3v) is 4.18. The zero-order chi connectivity index (χ0) is 18.4. The molecule has 134 valence electrons. The molecule has 0 aliphatic rings. The van der Waals surface area contributed by atoms with Gasteiger partial charge < -0.3 is 10.2 Å². The van der Waals surface area contributed by atoms with Crippen LogP contribution in [-0.4, -0.2) is 40.1 Å². The smallest absolute Gasteiger partial charge is 0.193 e. The maximum Gasteiger partial charge on any atom is 0.193 e. The van der Waals surface area contributed by atoms with Crippen molar-refractivity contribution in [1.29, 1.82) is 0 Å². The Morgan fingerprint density at radius 2 is 1.96 bits per heavy atom. The van der Waals surface area contributed by atoms with Crippen LogP contribution in [0.15, 0.2) is 59.9 Å². The van der Waals surface area contributed by atoms with Crippen molar-refractivity contribution in [1.82, 2.24) is 25.4 Å². The third kappa shape index (κ3) is 4.47. The quantitative estimate of drug-likeness (QED) is 0.549. The molecule has 0 aliphatic carbocycles. The first-order chi connectivity index (χ1) is 12.7. The Bertz CT molecular complexity index is 852. The maximum absolute atomic E-state index is 4.39. The van der Waals surface area contributed by atoms with Crippen molar-refractivity contribution in [3.8, 4) is 11.4 Å². The van der Waals surface area contributed by atoms with Crippen LogP contribution in [0.2, 0.25) is 0 Å². The first kappa shape index (κ1) is 17.7. The van der Waals surface area contributed by atoms with Crippen LogP contribution in [0.3, 0.4) is 0 Å². The summed E-state index contributed by atoms with van der Waals surface area (Å²) in [6, 6.07) is 16.8. The van der Waals surface area contributed by atoms with Gasteiger partial charge >= 0.3 is 0 Å². The minimum absolute atomic E-state index is 0.687. The van der Waals surface area contributed by atoms with Crippen LogP contribution >= 0.6 is 0 Å². The van der Waals surface area contributed by atoms with Crippen molar-refractivity contribution in [2.24, 2.45) is 4.99 Å². The van der Waals surface area contributed by atoms with E-state index in [1.807, 2.05) is 19.2 Å². The molecule has 3 rings (SSSR count). The highest BCUT2D eigenvalue weighted by Gasteiger charge is 2.07. The van der Waals surface area contributed by atoms with Gasteiger partial charge in [0.25, 0.3) is 0 Å². The Morgan fingerprint density at radius 3 is 2.65 bits per heavy atom. The molecule has 0 unspecified atom stereocenters. The molecule has 1 aromatic heterocycles. The number of aromatic amines is 1. The Morgan fingerprint density at radius 1 is 1.15 bits per heavy atom. The largest absolute Gasteiger partial charge is 0.352 e. The monoisotopic (exact) mass is 348 g/mol. The molecule has 0 fully saturated rings. The van der Waals surface area contributed by atoms with E-state index in [1.54, 1.807) is 7.05 Å². The van der Waals surface area contributed by atoms with E-state index in [-0.39, 0.29) is 0 Å². The Hall–Kier alpha value is -3.15. The fourth-order valence-corrected chi connectivity index (χ4v) is 2.78. The molecule has 0 aliphatic heterocycles. The first-order valence-electron chi connectivity index (χ1n) is 8.57. The summed E-state index contributed by atoms with van der Waals surface area (Å²) in [4.78, 5) is 10.7. The molecule has 1 heterocycles. The summed E-state index contributed by atoms with van der Waals surface area (Å²) in [6.45, 7) is 3.59. The molecule has 3 aromatic rings. The van der Waals surface area contributed by atoms with Gasteiger partial charge in [0.1, 0.15) is 6.33 Å². The normalized spacial score (nSPS) is 11.4. The predicted molar refractivity (Wildman–Crippen MR) is 105 cm³/mol. The number of nitrogens with zero attached hydrogens (tertiary/aromatic N) is 4. The predicted octanol–water partition coefficient (Wildman–Crippen LogP) is 2.99. The van der Waals surface area contributed by atoms with Gasteiger partial charge in [0.15, 0.2) is 11.8 Å². The molecule has 26 heavy (non-hydrogen) atoms. The van der Waals surface area contributed by atoms with Gasteiger partial charge in [0.2, 0.25) is 0 Å². The molecule has 6 heteroatoms. The lowest BCUT2D eigenvalue weighted by Crippen LogP contribution is -2.38. The van der Waals surface area contributed by atoms with Crippen LogP contribution in [-0.2, 0) is 13.1 Å². The number of aryl methyl sites for hydroxylation is 1. The number of nitrogens with one attached hydrogen (secondary N) is 2. The number of hydrogen-bond donors (Lipinski definition) is 2. The highest BCUT2D eigenvalue weighted by Crippen LogP contribution is 2.15. The number of hydrogen-bond acceptors (Lipinski definition) is 3. The molecule has 0 saturated heterocycles. The molecule has 2 N–H and O–H groups in total. The lowest BCUT2D eigenvalue weighted by molar-refractivity contribution is 0.476. The van der Waals surface area contributed by atoms with Gasteiger partial charge in [-0.25, -0.2) is 4.98 Å². The lowest BCUT2D eigenvalue weighted by atomic mass is 10.1. The molecule has 0 radical (unpaired) electrons. The topological polar surface area (TPSA) is 69.2 Å². The highest BCUT2D eigenvalue weighted by molar-refractivity contribution is 5.79.